The number of nitrogens with one attached hydrogen (secondary N) is 1. The lowest BCUT2D eigenvalue weighted by molar-refractivity contribution is -0.119. The highest BCUT2D eigenvalue weighted by Gasteiger charge is 2.16. The summed E-state index contributed by atoms with van der Waals surface area (Å²) in [6.45, 7) is 4.16. The van der Waals surface area contributed by atoms with Crippen LogP contribution in [0.5, 0.6) is 17.2 Å². The second-order valence-corrected chi connectivity index (χ2v) is 6.37. The number of amides is 1. The zero-order chi connectivity index (χ0) is 21.5. The molecule has 0 aliphatic carbocycles. The van der Waals surface area contributed by atoms with E-state index in [1.807, 2.05) is 38.1 Å². The number of carbonyl (C=O) groups excluding carboxylic acids is 2. The number of rotatable bonds is 8. The number of anilines is 1. The highest BCUT2D eigenvalue weighted by Crippen LogP contribution is 2.30. The van der Waals surface area contributed by atoms with Gasteiger partial charge in [0.15, 0.2) is 18.1 Å². The van der Waals surface area contributed by atoms with Gasteiger partial charge in [-0.15, -0.1) is 0 Å². The van der Waals surface area contributed by atoms with Crippen LogP contribution in [0.4, 0.5) is 5.69 Å². The Kier molecular flexibility index (Phi) is 6.75. The summed E-state index contributed by atoms with van der Waals surface area (Å²) in [6.07, 6.45) is 0. The van der Waals surface area contributed by atoms with Crippen molar-refractivity contribution in [1.82, 2.24) is 0 Å². The van der Waals surface area contributed by atoms with Crippen molar-refractivity contribution in [2.45, 2.75) is 13.8 Å². The number of fused-ring (bicyclic) bond motifs is 1. The summed E-state index contributed by atoms with van der Waals surface area (Å²) in [5, 5.41) is 14.3. The largest absolute Gasteiger partial charge is 0.507 e. The lowest BCUT2D eigenvalue weighted by Crippen LogP contribution is -2.21. The molecule has 3 rings (SSSR count). The van der Waals surface area contributed by atoms with Gasteiger partial charge in [-0.3, -0.25) is 4.79 Å². The zero-order valence-corrected chi connectivity index (χ0v) is 16.8. The maximum atomic E-state index is 12.3. The Bertz CT molecular complexity index is 1060. The summed E-state index contributed by atoms with van der Waals surface area (Å²) < 4.78 is 16.1. The molecular formula is C23H23NO6. The number of benzene rings is 3. The van der Waals surface area contributed by atoms with Gasteiger partial charge in [0.1, 0.15) is 11.3 Å². The molecule has 7 heteroatoms. The van der Waals surface area contributed by atoms with Gasteiger partial charge < -0.3 is 24.6 Å². The van der Waals surface area contributed by atoms with E-state index in [1.54, 1.807) is 18.2 Å². The number of hydrogen-bond acceptors (Lipinski definition) is 6. The number of hydrogen-bond donors (Lipinski definition) is 2. The van der Waals surface area contributed by atoms with Crippen molar-refractivity contribution in [1.29, 1.82) is 0 Å². The van der Waals surface area contributed by atoms with E-state index in [-0.39, 0.29) is 11.3 Å². The van der Waals surface area contributed by atoms with Crippen LogP contribution in [0.1, 0.15) is 24.2 Å². The van der Waals surface area contributed by atoms with Gasteiger partial charge in [-0.25, -0.2) is 4.79 Å². The Morgan fingerprint density at radius 2 is 1.57 bits per heavy atom. The van der Waals surface area contributed by atoms with Gasteiger partial charge in [-0.1, -0.05) is 24.3 Å². The lowest BCUT2D eigenvalue weighted by Gasteiger charge is -2.13. The minimum Gasteiger partial charge on any atom is -0.507 e. The van der Waals surface area contributed by atoms with Gasteiger partial charge in [0, 0.05) is 11.8 Å². The van der Waals surface area contributed by atoms with Crippen LogP contribution in [-0.2, 0) is 9.53 Å². The molecule has 3 aromatic carbocycles. The molecule has 30 heavy (non-hydrogen) atoms. The molecule has 0 fully saturated rings. The summed E-state index contributed by atoms with van der Waals surface area (Å²) in [4.78, 5) is 24.5. The van der Waals surface area contributed by atoms with Crippen molar-refractivity contribution in [3.8, 4) is 17.2 Å². The van der Waals surface area contributed by atoms with Crippen molar-refractivity contribution >= 4 is 28.3 Å². The molecule has 0 heterocycles. The van der Waals surface area contributed by atoms with Gasteiger partial charge in [0.05, 0.1) is 13.2 Å². The van der Waals surface area contributed by atoms with E-state index in [9.17, 15) is 14.7 Å². The highest BCUT2D eigenvalue weighted by atomic mass is 16.5. The summed E-state index contributed by atoms with van der Waals surface area (Å²) in [6, 6.07) is 15.3. The van der Waals surface area contributed by atoms with Crippen LogP contribution in [0.25, 0.3) is 10.8 Å². The molecule has 1 amide bonds. The van der Waals surface area contributed by atoms with Crippen molar-refractivity contribution in [2.24, 2.45) is 0 Å². The fraction of sp³-hybridized carbons (Fsp3) is 0.217. The van der Waals surface area contributed by atoms with E-state index >= 15 is 0 Å². The molecule has 0 saturated heterocycles. The molecule has 0 atom stereocenters. The normalized spacial score (nSPS) is 10.5. The molecule has 0 saturated carbocycles. The van der Waals surface area contributed by atoms with Crippen LogP contribution >= 0.6 is 0 Å². The maximum Gasteiger partial charge on any atom is 0.342 e. The molecule has 156 valence electrons. The molecule has 2 N–H and O–H groups in total. The third-order valence-corrected chi connectivity index (χ3v) is 4.25. The van der Waals surface area contributed by atoms with E-state index in [1.165, 1.54) is 12.1 Å². The second-order valence-electron chi connectivity index (χ2n) is 6.37. The molecule has 0 aliphatic rings. The number of aromatic hydroxyl groups is 1. The van der Waals surface area contributed by atoms with Crippen LogP contribution in [0.2, 0.25) is 0 Å². The van der Waals surface area contributed by atoms with Crippen LogP contribution in [-0.4, -0.2) is 36.8 Å². The first-order valence-electron chi connectivity index (χ1n) is 9.60. The van der Waals surface area contributed by atoms with Crippen molar-refractivity contribution in [3.63, 3.8) is 0 Å². The number of phenolic OH excluding ortho intramolecular Hbond substituents is 1. The molecule has 0 aromatic heterocycles. The van der Waals surface area contributed by atoms with E-state index in [2.05, 4.69) is 5.32 Å². The average molecular weight is 409 g/mol. The average Bonchev–Trinajstić information content (AvgIpc) is 2.73. The zero-order valence-electron chi connectivity index (χ0n) is 16.8. The van der Waals surface area contributed by atoms with E-state index in [0.717, 1.165) is 10.8 Å². The van der Waals surface area contributed by atoms with Crippen molar-refractivity contribution in [3.05, 3.63) is 60.2 Å². The number of ether oxygens (including phenoxy) is 3. The third-order valence-electron chi connectivity index (χ3n) is 4.25. The smallest absolute Gasteiger partial charge is 0.342 e. The molecule has 0 spiro atoms. The Balaban J connectivity index is 1.64. The quantitative estimate of drug-likeness (QED) is 0.543. The minimum atomic E-state index is -0.782. The first kappa shape index (κ1) is 21.0. The third kappa shape index (κ3) is 5.00. The SMILES string of the molecule is CCOc1ccc(NC(=O)COC(=O)c2cc3ccccc3cc2O)cc1OCC. The summed E-state index contributed by atoms with van der Waals surface area (Å²) in [5.41, 5.74) is 0.484. The molecular weight excluding hydrogens is 386 g/mol. The van der Waals surface area contributed by atoms with Gasteiger partial charge >= 0.3 is 5.97 Å². The Morgan fingerprint density at radius 1 is 0.900 bits per heavy atom. The molecule has 0 aliphatic heterocycles. The van der Waals surface area contributed by atoms with Crippen molar-refractivity contribution < 1.29 is 28.9 Å². The van der Waals surface area contributed by atoms with Crippen LogP contribution < -0.4 is 14.8 Å². The van der Waals surface area contributed by atoms with Crippen LogP contribution in [0.3, 0.4) is 0 Å². The minimum absolute atomic E-state index is 0.00111. The predicted octanol–water partition coefficient (Wildman–Crippen LogP) is 4.14. The summed E-state index contributed by atoms with van der Waals surface area (Å²) in [7, 11) is 0. The Hall–Kier alpha value is -3.74. The van der Waals surface area contributed by atoms with E-state index < -0.39 is 18.5 Å². The molecule has 3 aromatic rings. The number of carbonyl (C=O) groups is 2. The highest BCUT2D eigenvalue weighted by molar-refractivity contribution is 6.00. The van der Waals surface area contributed by atoms with Gasteiger partial charge in [0.2, 0.25) is 0 Å². The fourth-order valence-corrected chi connectivity index (χ4v) is 2.93. The maximum absolute atomic E-state index is 12.3. The fourth-order valence-electron chi connectivity index (χ4n) is 2.93. The predicted molar refractivity (Wildman–Crippen MR) is 113 cm³/mol. The van der Waals surface area contributed by atoms with E-state index in [0.29, 0.717) is 30.4 Å². The number of phenols is 1. The topological polar surface area (TPSA) is 94.1 Å². The lowest BCUT2D eigenvalue weighted by atomic mass is 10.1. The molecule has 0 unspecified atom stereocenters. The first-order chi connectivity index (χ1) is 14.5. The van der Waals surface area contributed by atoms with E-state index in [4.69, 9.17) is 14.2 Å². The second kappa shape index (κ2) is 9.65. The standard InChI is InChI=1S/C23H23NO6/c1-3-28-20-10-9-17(13-21(20)29-4-2)24-22(26)14-30-23(27)18-11-15-7-5-6-8-16(15)12-19(18)25/h5-13,25H,3-4,14H2,1-2H3,(H,24,26). The molecule has 0 radical (unpaired) electrons. The van der Waals surface area contributed by atoms with Crippen LogP contribution in [0.15, 0.2) is 54.6 Å². The van der Waals surface area contributed by atoms with Gasteiger partial charge in [0.25, 0.3) is 5.91 Å². The first-order valence-corrected chi connectivity index (χ1v) is 9.60. The van der Waals surface area contributed by atoms with Gasteiger partial charge in [-0.2, -0.15) is 0 Å². The molecule has 7 nitrogen and oxygen atoms in total. The Labute approximate surface area is 174 Å². The summed E-state index contributed by atoms with van der Waals surface area (Å²) >= 11 is 0. The molecule has 0 bridgehead atoms. The van der Waals surface area contributed by atoms with Crippen LogP contribution in [0, 0.1) is 0 Å². The summed E-state index contributed by atoms with van der Waals surface area (Å²) in [5.74, 6) is -0.414. The monoisotopic (exact) mass is 409 g/mol. The Morgan fingerprint density at radius 3 is 2.27 bits per heavy atom. The number of esters is 1. The van der Waals surface area contributed by atoms with Crippen molar-refractivity contribution in [2.75, 3.05) is 25.1 Å². The van der Waals surface area contributed by atoms with Gasteiger partial charge in [-0.05, 0) is 48.9 Å².